The van der Waals surface area contributed by atoms with Crippen LogP contribution in [0.25, 0.3) is 11.3 Å². The molecule has 0 aliphatic carbocycles. The van der Waals surface area contributed by atoms with E-state index in [0.717, 1.165) is 11.3 Å². The first-order valence-electron chi connectivity index (χ1n) is 9.53. The highest BCUT2D eigenvalue weighted by molar-refractivity contribution is 8.16. The van der Waals surface area contributed by atoms with Crippen molar-refractivity contribution in [1.29, 1.82) is 0 Å². The molecule has 0 spiro atoms. The van der Waals surface area contributed by atoms with E-state index < -0.39 is 0 Å². The van der Waals surface area contributed by atoms with Crippen molar-refractivity contribution in [2.45, 2.75) is 11.0 Å². The molecule has 1 amide bonds. The molecule has 0 N–H and O–H groups in total. The van der Waals surface area contributed by atoms with Gasteiger partial charge in [0, 0.05) is 23.1 Å². The smallest absolute Gasteiger partial charge is 0.260 e. The first-order chi connectivity index (χ1) is 14.3. The number of hydrogen-bond donors (Lipinski definition) is 0. The maximum atomic E-state index is 13.2. The molecule has 0 atom stereocenters. The molecule has 148 valence electrons. The lowest BCUT2D eigenvalue weighted by Crippen LogP contribution is -2.31. The first kappa shape index (κ1) is 20.3. The lowest BCUT2D eigenvalue weighted by molar-refractivity contribution is 0.0989. The van der Waals surface area contributed by atoms with Crippen LogP contribution in [0.5, 0.6) is 0 Å². The van der Waals surface area contributed by atoms with Gasteiger partial charge < -0.3 is 0 Å². The minimum Gasteiger partial charge on any atom is -0.280 e. The number of benzene rings is 2. The van der Waals surface area contributed by atoms with Crippen molar-refractivity contribution in [2.75, 3.05) is 23.0 Å². The van der Waals surface area contributed by atoms with Gasteiger partial charge in [-0.25, -0.2) is 4.98 Å². The molecule has 4 rings (SSSR count). The number of anilines is 1. The maximum absolute atomic E-state index is 13.2. The Hall–Kier alpha value is -2.02. The Labute approximate surface area is 184 Å². The van der Waals surface area contributed by atoms with Crippen LogP contribution >= 0.6 is 34.9 Å². The molecule has 0 bridgehead atoms. The number of thioether (sulfide) groups is 2. The van der Waals surface area contributed by atoms with Crippen molar-refractivity contribution in [1.82, 2.24) is 4.98 Å². The fourth-order valence-corrected chi connectivity index (χ4v) is 6.86. The molecular formula is C23H22N2OS3. The van der Waals surface area contributed by atoms with Crippen molar-refractivity contribution in [3.63, 3.8) is 0 Å². The van der Waals surface area contributed by atoms with E-state index in [2.05, 4.69) is 18.7 Å². The van der Waals surface area contributed by atoms with Crippen LogP contribution in [0.2, 0.25) is 0 Å². The summed E-state index contributed by atoms with van der Waals surface area (Å²) in [6.45, 7) is 4.25. The number of nitrogens with zero attached hydrogens (tertiary/aromatic N) is 2. The number of rotatable bonds is 6. The molecule has 3 aromatic rings. The van der Waals surface area contributed by atoms with Crippen molar-refractivity contribution in [3.8, 4) is 11.3 Å². The summed E-state index contributed by atoms with van der Waals surface area (Å²) in [6, 6.07) is 18.1. The van der Waals surface area contributed by atoms with Crippen LogP contribution < -0.4 is 4.90 Å². The van der Waals surface area contributed by atoms with E-state index in [4.69, 9.17) is 4.98 Å². The van der Waals surface area contributed by atoms with E-state index in [1.165, 1.54) is 34.8 Å². The molecule has 6 heteroatoms. The molecule has 1 aliphatic rings. The molecule has 0 saturated carbocycles. The summed E-state index contributed by atoms with van der Waals surface area (Å²) in [5.41, 5.74) is 3.90. The Balaban J connectivity index is 1.54. The summed E-state index contributed by atoms with van der Waals surface area (Å²) in [6.07, 6.45) is 3.02. The largest absolute Gasteiger partial charge is 0.280 e. The van der Waals surface area contributed by atoms with Gasteiger partial charge in [-0.3, -0.25) is 9.69 Å². The minimum absolute atomic E-state index is 0.0469. The molecule has 29 heavy (non-hydrogen) atoms. The summed E-state index contributed by atoms with van der Waals surface area (Å²) < 4.78 is 0.476. The molecule has 0 unspecified atom stereocenters. The molecular weight excluding hydrogens is 416 g/mol. The average Bonchev–Trinajstić information content (AvgIpc) is 3.28. The Morgan fingerprint density at radius 1 is 1.10 bits per heavy atom. The number of hydrogen-bond acceptors (Lipinski definition) is 5. The fraction of sp³-hybridized carbons (Fsp3) is 0.217. The third kappa shape index (κ3) is 4.77. The first-order valence-corrected chi connectivity index (χ1v) is 12.5. The Kier molecular flexibility index (Phi) is 6.74. The quantitative estimate of drug-likeness (QED) is 0.411. The van der Waals surface area contributed by atoms with Crippen LogP contribution in [0.3, 0.4) is 0 Å². The highest BCUT2D eigenvalue weighted by Gasteiger charge is 2.21. The van der Waals surface area contributed by atoms with E-state index in [0.29, 0.717) is 21.8 Å². The molecule has 2 heterocycles. The lowest BCUT2D eigenvalue weighted by atomic mass is 10.1. The maximum Gasteiger partial charge on any atom is 0.260 e. The van der Waals surface area contributed by atoms with Gasteiger partial charge in [0.15, 0.2) is 5.13 Å². The van der Waals surface area contributed by atoms with E-state index >= 15 is 0 Å². The van der Waals surface area contributed by atoms with Gasteiger partial charge in [-0.05, 0) is 35.6 Å². The Bertz CT molecular complexity index is 963. The number of carbonyl (C=O) groups is 1. The summed E-state index contributed by atoms with van der Waals surface area (Å²) in [7, 11) is 0. The van der Waals surface area contributed by atoms with Gasteiger partial charge in [0.2, 0.25) is 0 Å². The van der Waals surface area contributed by atoms with Gasteiger partial charge in [-0.15, -0.1) is 41.4 Å². The Morgan fingerprint density at radius 2 is 1.83 bits per heavy atom. The van der Waals surface area contributed by atoms with Gasteiger partial charge in [0.25, 0.3) is 5.91 Å². The molecule has 0 radical (unpaired) electrons. The zero-order valence-electron chi connectivity index (χ0n) is 16.0. The normalized spacial score (nSPS) is 14.5. The zero-order valence-corrected chi connectivity index (χ0v) is 18.4. The van der Waals surface area contributed by atoms with Crippen LogP contribution in [0.15, 0.2) is 72.6 Å². The molecule has 2 aromatic carbocycles. The van der Waals surface area contributed by atoms with Crippen LogP contribution in [0.4, 0.5) is 5.13 Å². The van der Waals surface area contributed by atoms with Crippen LogP contribution in [0, 0.1) is 0 Å². The summed E-state index contributed by atoms with van der Waals surface area (Å²) in [5.74, 6) is 2.37. The molecule has 1 aromatic heterocycles. The standard InChI is InChI=1S/C23H22N2OS3/c1-2-13-25(23-24-20(16-29-23)17-7-4-3-5-8-17)21(26)18-9-11-19(12-10-18)22-27-14-6-15-28-22/h2-5,7-12,16,22H,1,6,13-15H2. The minimum atomic E-state index is -0.0469. The number of aromatic nitrogens is 1. The van der Waals surface area contributed by atoms with Crippen molar-refractivity contribution < 1.29 is 4.79 Å². The van der Waals surface area contributed by atoms with E-state index in [9.17, 15) is 4.79 Å². The van der Waals surface area contributed by atoms with E-state index in [-0.39, 0.29) is 5.91 Å². The summed E-state index contributed by atoms with van der Waals surface area (Å²) >= 11 is 5.46. The molecule has 1 saturated heterocycles. The molecule has 3 nitrogen and oxygen atoms in total. The highest BCUT2D eigenvalue weighted by atomic mass is 32.2. The number of amides is 1. The van der Waals surface area contributed by atoms with Gasteiger partial charge in [-0.2, -0.15) is 0 Å². The molecule has 1 fully saturated rings. The van der Waals surface area contributed by atoms with Crippen molar-refractivity contribution >= 4 is 45.9 Å². The average molecular weight is 439 g/mol. The number of carbonyl (C=O) groups excluding carboxylic acids is 1. The summed E-state index contributed by atoms with van der Waals surface area (Å²) in [5, 5.41) is 2.69. The van der Waals surface area contributed by atoms with Crippen LogP contribution in [0.1, 0.15) is 26.9 Å². The topological polar surface area (TPSA) is 33.2 Å². The Morgan fingerprint density at radius 3 is 2.52 bits per heavy atom. The lowest BCUT2D eigenvalue weighted by Gasteiger charge is -2.22. The van der Waals surface area contributed by atoms with Gasteiger partial charge >= 0.3 is 0 Å². The second-order valence-corrected chi connectivity index (χ2v) is 10.2. The third-order valence-corrected chi connectivity index (χ3v) is 8.48. The summed E-state index contributed by atoms with van der Waals surface area (Å²) in [4.78, 5) is 19.6. The highest BCUT2D eigenvalue weighted by Crippen LogP contribution is 2.43. The fourth-order valence-electron chi connectivity index (χ4n) is 3.13. The zero-order chi connectivity index (χ0) is 20.1. The van der Waals surface area contributed by atoms with Gasteiger partial charge in [0.05, 0.1) is 10.3 Å². The van der Waals surface area contributed by atoms with Gasteiger partial charge in [0.1, 0.15) is 0 Å². The van der Waals surface area contributed by atoms with Crippen molar-refractivity contribution in [2.24, 2.45) is 0 Å². The second kappa shape index (κ2) is 9.65. The van der Waals surface area contributed by atoms with E-state index in [1.807, 2.05) is 71.4 Å². The molecule has 1 aliphatic heterocycles. The second-order valence-electron chi connectivity index (χ2n) is 6.63. The van der Waals surface area contributed by atoms with Crippen molar-refractivity contribution in [3.05, 3.63) is 83.8 Å². The van der Waals surface area contributed by atoms with Gasteiger partial charge in [-0.1, -0.05) is 48.5 Å². The van der Waals surface area contributed by atoms with E-state index in [1.54, 1.807) is 11.0 Å². The predicted molar refractivity (Wildman–Crippen MR) is 128 cm³/mol. The SMILES string of the molecule is C=CCN(C(=O)c1ccc(C2SCCCS2)cc1)c1nc(-c2ccccc2)cs1. The monoisotopic (exact) mass is 438 g/mol. The number of thiazole rings is 1. The third-order valence-electron chi connectivity index (χ3n) is 4.61. The van der Waals surface area contributed by atoms with Crippen LogP contribution in [-0.2, 0) is 0 Å². The predicted octanol–water partition coefficient (Wildman–Crippen LogP) is 6.51. The van der Waals surface area contributed by atoms with Crippen LogP contribution in [-0.4, -0.2) is 28.9 Å².